The summed E-state index contributed by atoms with van der Waals surface area (Å²) in [5.41, 5.74) is -0.224. The van der Waals surface area contributed by atoms with Crippen molar-refractivity contribution in [1.29, 1.82) is 0 Å². The predicted octanol–water partition coefficient (Wildman–Crippen LogP) is 3.72. The molecule has 0 rings (SSSR count). The normalized spacial score (nSPS) is 13.4. The van der Waals surface area contributed by atoms with E-state index >= 15 is 0 Å². The topological polar surface area (TPSA) is 12.5 Å². The molecule has 0 aromatic heterocycles. The number of hydrogen-bond donors (Lipinski definition) is 0. The molecule has 0 saturated heterocycles. The third kappa shape index (κ3) is 9.73. The van der Waals surface area contributed by atoms with Gasteiger partial charge in [0.05, 0.1) is 5.60 Å². The van der Waals surface area contributed by atoms with Crippen LogP contribution in [0.15, 0.2) is 0 Å². The van der Waals surface area contributed by atoms with Gasteiger partial charge in [-0.25, -0.2) is 0 Å². The maximum atomic E-state index is 12.0. The minimum absolute atomic E-state index is 0.151. The second-order valence-corrected chi connectivity index (χ2v) is 5.43. The van der Waals surface area contributed by atoms with Crippen molar-refractivity contribution in [2.45, 2.75) is 44.9 Å². The van der Waals surface area contributed by atoms with Crippen molar-refractivity contribution in [1.82, 2.24) is 4.31 Å². The standard InChI is InChI=1S/C11H22F3NOS/c1-10(2,16-3)7-9-15(17-4)8-5-6-11(12,13)14/h5-9H2,1-4H3. The van der Waals surface area contributed by atoms with Crippen LogP contribution in [-0.2, 0) is 4.74 Å². The number of rotatable bonds is 8. The van der Waals surface area contributed by atoms with Crippen molar-refractivity contribution in [2.75, 3.05) is 26.5 Å². The monoisotopic (exact) mass is 273 g/mol. The number of alkyl halides is 3. The minimum atomic E-state index is -4.05. The molecule has 0 unspecified atom stereocenters. The van der Waals surface area contributed by atoms with Gasteiger partial charge in [-0.15, -0.1) is 0 Å². The van der Waals surface area contributed by atoms with Crippen molar-refractivity contribution in [3.63, 3.8) is 0 Å². The zero-order valence-electron chi connectivity index (χ0n) is 10.9. The highest BCUT2D eigenvalue weighted by Crippen LogP contribution is 2.23. The average Bonchev–Trinajstić information content (AvgIpc) is 2.21. The van der Waals surface area contributed by atoms with Crippen molar-refractivity contribution in [3.8, 4) is 0 Å². The van der Waals surface area contributed by atoms with Gasteiger partial charge >= 0.3 is 6.18 Å². The van der Waals surface area contributed by atoms with Crippen molar-refractivity contribution >= 4 is 11.9 Å². The van der Waals surface area contributed by atoms with Crippen LogP contribution in [0, 0.1) is 0 Å². The van der Waals surface area contributed by atoms with Crippen LogP contribution in [0.1, 0.15) is 33.1 Å². The quantitative estimate of drug-likeness (QED) is 0.625. The zero-order chi connectivity index (χ0) is 13.5. The molecule has 0 aromatic carbocycles. The lowest BCUT2D eigenvalue weighted by atomic mass is 10.1. The first kappa shape index (κ1) is 17.1. The third-order valence-corrected chi connectivity index (χ3v) is 3.52. The molecule has 0 aliphatic heterocycles. The Kier molecular flexibility index (Phi) is 7.51. The Morgan fingerprint density at radius 2 is 1.71 bits per heavy atom. The van der Waals surface area contributed by atoms with Gasteiger partial charge in [0.2, 0.25) is 0 Å². The summed E-state index contributed by atoms with van der Waals surface area (Å²) in [6.45, 7) is 5.14. The van der Waals surface area contributed by atoms with E-state index in [1.807, 2.05) is 24.4 Å². The molecule has 17 heavy (non-hydrogen) atoms. The molecule has 6 heteroatoms. The molecule has 0 N–H and O–H groups in total. The Balaban J connectivity index is 3.85. The summed E-state index contributed by atoms with van der Waals surface area (Å²) in [5.74, 6) is 0. The molecule has 0 fully saturated rings. The second-order valence-electron chi connectivity index (χ2n) is 4.54. The first-order valence-corrected chi connectivity index (χ1v) is 6.79. The van der Waals surface area contributed by atoms with Crippen LogP contribution in [0.3, 0.4) is 0 Å². The number of ether oxygens (including phenoxy) is 1. The van der Waals surface area contributed by atoms with Crippen LogP contribution in [0.5, 0.6) is 0 Å². The lowest BCUT2D eigenvalue weighted by Crippen LogP contribution is -2.29. The first-order valence-electron chi connectivity index (χ1n) is 5.61. The average molecular weight is 273 g/mol. The first-order chi connectivity index (χ1) is 7.70. The summed E-state index contributed by atoms with van der Waals surface area (Å²) in [6, 6.07) is 0. The van der Waals surface area contributed by atoms with Crippen LogP contribution < -0.4 is 0 Å². The molecular weight excluding hydrogens is 251 g/mol. The molecule has 0 aliphatic rings. The lowest BCUT2D eigenvalue weighted by molar-refractivity contribution is -0.135. The summed E-state index contributed by atoms with van der Waals surface area (Å²) in [4.78, 5) is 0. The van der Waals surface area contributed by atoms with Crippen LogP contribution in [0.2, 0.25) is 0 Å². The zero-order valence-corrected chi connectivity index (χ0v) is 11.7. The number of hydrogen-bond acceptors (Lipinski definition) is 3. The van der Waals surface area contributed by atoms with Crippen molar-refractivity contribution < 1.29 is 17.9 Å². The smallest absolute Gasteiger partial charge is 0.379 e. The van der Waals surface area contributed by atoms with Crippen molar-refractivity contribution in [3.05, 3.63) is 0 Å². The SMILES string of the molecule is COC(C)(C)CCN(CCCC(F)(F)F)SC. The molecule has 0 spiro atoms. The molecule has 0 aromatic rings. The fourth-order valence-electron chi connectivity index (χ4n) is 1.25. The van der Waals surface area contributed by atoms with Gasteiger partial charge in [-0.3, -0.25) is 4.31 Å². The maximum Gasteiger partial charge on any atom is 0.389 e. The lowest BCUT2D eigenvalue weighted by Gasteiger charge is -2.27. The van der Waals surface area contributed by atoms with E-state index in [1.165, 1.54) is 11.9 Å². The van der Waals surface area contributed by atoms with Gasteiger partial charge in [-0.1, -0.05) is 11.9 Å². The van der Waals surface area contributed by atoms with Crippen LogP contribution >= 0.6 is 11.9 Å². The van der Waals surface area contributed by atoms with Gasteiger partial charge < -0.3 is 4.74 Å². The Morgan fingerprint density at radius 3 is 2.12 bits per heavy atom. The number of nitrogens with zero attached hydrogens (tertiary/aromatic N) is 1. The summed E-state index contributed by atoms with van der Waals surface area (Å²) >= 11 is 1.48. The van der Waals surface area contributed by atoms with Gasteiger partial charge in [0, 0.05) is 26.6 Å². The highest BCUT2D eigenvalue weighted by atomic mass is 32.2. The summed E-state index contributed by atoms with van der Waals surface area (Å²) in [6.07, 6.45) is -1.92. The highest BCUT2D eigenvalue weighted by molar-refractivity contribution is 7.96. The van der Waals surface area contributed by atoms with Gasteiger partial charge in [-0.05, 0) is 32.9 Å². The van der Waals surface area contributed by atoms with E-state index < -0.39 is 12.6 Å². The van der Waals surface area contributed by atoms with Gasteiger partial charge in [0.1, 0.15) is 0 Å². The summed E-state index contributed by atoms with van der Waals surface area (Å²) in [5, 5.41) is 0. The fourth-order valence-corrected chi connectivity index (χ4v) is 1.83. The van der Waals surface area contributed by atoms with Crippen LogP contribution in [-0.4, -0.2) is 42.5 Å². The Hall–Kier alpha value is 0.0600. The molecule has 0 saturated carbocycles. The van der Waals surface area contributed by atoms with Gasteiger partial charge in [-0.2, -0.15) is 13.2 Å². The summed E-state index contributed by atoms with van der Waals surface area (Å²) < 4.78 is 43.2. The highest BCUT2D eigenvalue weighted by Gasteiger charge is 2.26. The van der Waals surface area contributed by atoms with E-state index in [0.29, 0.717) is 6.54 Å². The Bertz CT molecular complexity index is 209. The van der Waals surface area contributed by atoms with Crippen LogP contribution in [0.25, 0.3) is 0 Å². The van der Waals surface area contributed by atoms with E-state index in [0.717, 1.165) is 13.0 Å². The molecule has 0 bridgehead atoms. The largest absolute Gasteiger partial charge is 0.389 e. The number of halogens is 3. The molecule has 0 atom stereocenters. The summed E-state index contributed by atoms with van der Waals surface area (Å²) in [7, 11) is 1.65. The van der Waals surface area contributed by atoms with E-state index in [1.54, 1.807) is 7.11 Å². The molecule has 0 aliphatic carbocycles. The maximum absolute atomic E-state index is 12.0. The van der Waals surface area contributed by atoms with E-state index in [4.69, 9.17) is 4.74 Å². The van der Waals surface area contributed by atoms with E-state index in [9.17, 15) is 13.2 Å². The molecule has 2 nitrogen and oxygen atoms in total. The van der Waals surface area contributed by atoms with E-state index in [2.05, 4.69) is 0 Å². The second kappa shape index (κ2) is 7.48. The van der Waals surface area contributed by atoms with Crippen molar-refractivity contribution in [2.24, 2.45) is 0 Å². The number of methoxy groups -OCH3 is 1. The Morgan fingerprint density at radius 1 is 1.12 bits per heavy atom. The van der Waals surface area contributed by atoms with Gasteiger partial charge in [0.25, 0.3) is 0 Å². The molecule has 0 heterocycles. The van der Waals surface area contributed by atoms with Gasteiger partial charge in [0.15, 0.2) is 0 Å². The fraction of sp³-hybridized carbons (Fsp3) is 1.00. The molecule has 104 valence electrons. The van der Waals surface area contributed by atoms with Crippen LogP contribution in [0.4, 0.5) is 13.2 Å². The van der Waals surface area contributed by atoms with E-state index in [-0.39, 0.29) is 12.0 Å². The molecule has 0 amide bonds. The Labute approximate surface area is 106 Å². The molecular formula is C11H22F3NOS. The minimum Gasteiger partial charge on any atom is -0.379 e. The molecule has 0 radical (unpaired) electrons. The third-order valence-electron chi connectivity index (χ3n) is 2.64. The predicted molar refractivity (Wildman–Crippen MR) is 66.1 cm³/mol.